The Morgan fingerprint density at radius 3 is 2.82 bits per heavy atom. The summed E-state index contributed by atoms with van der Waals surface area (Å²) < 4.78 is 44.3. The summed E-state index contributed by atoms with van der Waals surface area (Å²) in [5.41, 5.74) is 1.09. The maximum Gasteiger partial charge on any atom is 0.285 e. The first-order chi connectivity index (χ1) is 15.8. The quantitative estimate of drug-likeness (QED) is 0.622. The van der Waals surface area contributed by atoms with Crippen LogP contribution in [-0.2, 0) is 14.8 Å². The minimum Gasteiger partial charge on any atom is -0.355 e. The smallest absolute Gasteiger partial charge is 0.285 e. The molecule has 3 aromatic rings. The Hall–Kier alpha value is -3.67. The fourth-order valence-corrected chi connectivity index (χ4v) is 5.38. The Bertz CT molecular complexity index is 1390. The molecule has 2 aromatic carbocycles. The average molecular weight is 470 g/mol. The fraction of sp³-hybridized carbons (Fsp3) is 0.286. The van der Waals surface area contributed by atoms with Crippen LogP contribution < -0.4 is 5.32 Å². The summed E-state index contributed by atoms with van der Waals surface area (Å²) in [4.78, 5) is 15.0. The van der Waals surface area contributed by atoms with Crippen molar-refractivity contribution in [3.05, 3.63) is 59.7 Å². The van der Waals surface area contributed by atoms with Crippen molar-refractivity contribution in [2.45, 2.75) is 24.7 Å². The van der Waals surface area contributed by atoms with Crippen molar-refractivity contribution in [2.75, 3.05) is 18.4 Å². The SMILES string of the molecule is Cc1nnnn1-c1cc(NC(=O)C2CCCN(C3=NS(=O)(=O)c4ccccc43)C2)ccc1F. The topological polar surface area (TPSA) is 122 Å². The molecule has 0 spiro atoms. The second-order valence-electron chi connectivity index (χ2n) is 7.96. The van der Waals surface area contributed by atoms with Crippen molar-refractivity contribution in [2.24, 2.45) is 10.3 Å². The second-order valence-corrected chi connectivity index (χ2v) is 9.54. The highest BCUT2D eigenvalue weighted by molar-refractivity contribution is 7.90. The minimum atomic E-state index is -3.73. The van der Waals surface area contributed by atoms with Gasteiger partial charge in [0.25, 0.3) is 10.0 Å². The van der Waals surface area contributed by atoms with Crippen LogP contribution in [-0.4, -0.2) is 58.4 Å². The molecule has 12 heteroatoms. The summed E-state index contributed by atoms with van der Waals surface area (Å²) in [6.45, 7) is 2.58. The second kappa shape index (κ2) is 8.03. The highest BCUT2D eigenvalue weighted by atomic mass is 32.2. The molecular formula is C21H20FN7O3S. The summed E-state index contributed by atoms with van der Waals surface area (Å²) in [5, 5.41) is 13.9. The van der Waals surface area contributed by atoms with Crippen LogP contribution in [0.4, 0.5) is 10.1 Å². The van der Waals surface area contributed by atoms with Crippen molar-refractivity contribution in [1.29, 1.82) is 0 Å². The van der Waals surface area contributed by atoms with Gasteiger partial charge in [0.1, 0.15) is 16.4 Å². The third-order valence-corrected chi connectivity index (χ3v) is 7.10. The number of rotatable bonds is 3. The highest BCUT2D eigenvalue weighted by Crippen LogP contribution is 2.30. The van der Waals surface area contributed by atoms with Crippen LogP contribution in [0.5, 0.6) is 0 Å². The van der Waals surface area contributed by atoms with E-state index in [1.807, 2.05) is 4.90 Å². The van der Waals surface area contributed by atoms with E-state index in [0.717, 1.165) is 0 Å². The number of fused-ring (bicyclic) bond motifs is 1. The van der Waals surface area contributed by atoms with Crippen molar-refractivity contribution in [3.63, 3.8) is 0 Å². The van der Waals surface area contributed by atoms with Crippen LogP contribution in [0, 0.1) is 18.7 Å². The number of amides is 1. The molecule has 0 radical (unpaired) electrons. The third-order valence-electron chi connectivity index (χ3n) is 5.77. The number of anilines is 1. The van der Waals surface area contributed by atoms with Crippen molar-refractivity contribution in [1.82, 2.24) is 25.1 Å². The van der Waals surface area contributed by atoms with Crippen molar-refractivity contribution in [3.8, 4) is 5.69 Å². The number of benzene rings is 2. The van der Waals surface area contributed by atoms with E-state index in [-0.39, 0.29) is 22.4 Å². The van der Waals surface area contributed by atoms with Gasteiger partial charge in [-0.1, -0.05) is 12.1 Å². The molecule has 170 valence electrons. The number of amidine groups is 1. The first-order valence-corrected chi connectivity index (χ1v) is 11.8. The average Bonchev–Trinajstić information content (AvgIpc) is 3.35. The van der Waals surface area contributed by atoms with Gasteiger partial charge in [0.2, 0.25) is 5.91 Å². The van der Waals surface area contributed by atoms with Crippen LogP contribution in [0.1, 0.15) is 24.2 Å². The van der Waals surface area contributed by atoms with Gasteiger partial charge in [0.15, 0.2) is 11.7 Å². The molecule has 5 rings (SSSR count). The summed E-state index contributed by atoms with van der Waals surface area (Å²) in [5.74, 6) is -0.360. The van der Waals surface area contributed by atoms with Crippen LogP contribution in [0.2, 0.25) is 0 Å². The zero-order valence-corrected chi connectivity index (χ0v) is 18.5. The molecule has 1 amide bonds. The predicted molar refractivity (Wildman–Crippen MR) is 117 cm³/mol. The number of carbonyl (C=O) groups is 1. The van der Waals surface area contributed by atoms with Gasteiger partial charge in [-0.25, -0.2) is 4.39 Å². The minimum absolute atomic E-state index is 0.127. The molecule has 1 aromatic heterocycles. The summed E-state index contributed by atoms with van der Waals surface area (Å²) in [6, 6.07) is 10.9. The number of tetrazole rings is 1. The van der Waals surface area contributed by atoms with Gasteiger partial charge in [-0.3, -0.25) is 4.79 Å². The van der Waals surface area contributed by atoms with Gasteiger partial charge < -0.3 is 10.2 Å². The summed E-state index contributed by atoms with van der Waals surface area (Å²) in [7, 11) is -3.73. The predicted octanol–water partition coefficient (Wildman–Crippen LogP) is 1.91. The zero-order chi connectivity index (χ0) is 23.2. The van der Waals surface area contributed by atoms with Gasteiger partial charge in [0.05, 0.1) is 5.92 Å². The first-order valence-electron chi connectivity index (χ1n) is 10.4. The number of halogens is 1. The first kappa shape index (κ1) is 21.2. The van der Waals surface area contributed by atoms with E-state index in [1.165, 1.54) is 28.9 Å². The van der Waals surface area contributed by atoms with E-state index in [2.05, 4.69) is 25.2 Å². The lowest BCUT2D eigenvalue weighted by Crippen LogP contribution is -2.43. The number of carbonyl (C=O) groups excluding carboxylic acids is 1. The molecule has 0 bridgehead atoms. The highest BCUT2D eigenvalue weighted by Gasteiger charge is 2.35. The molecule has 1 atom stereocenters. The maximum absolute atomic E-state index is 14.3. The van der Waals surface area contributed by atoms with Gasteiger partial charge in [-0.15, -0.1) is 9.50 Å². The van der Waals surface area contributed by atoms with Crippen LogP contribution in [0.25, 0.3) is 5.69 Å². The molecule has 2 aliphatic rings. The Balaban J connectivity index is 1.34. The number of hydrogen-bond donors (Lipinski definition) is 1. The Morgan fingerprint density at radius 2 is 2.03 bits per heavy atom. The van der Waals surface area contributed by atoms with Crippen LogP contribution >= 0.6 is 0 Å². The van der Waals surface area contributed by atoms with E-state index in [1.54, 1.807) is 25.1 Å². The number of nitrogens with one attached hydrogen (secondary N) is 1. The van der Waals surface area contributed by atoms with Gasteiger partial charge >= 0.3 is 0 Å². The number of piperidine rings is 1. The Kier molecular flexibility index (Phi) is 5.16. The Morgan fingerprint density at radius 1 is 1.21 bits per heavy atom. The van der Waals surface area contributed by atoms with E-state index in [0.29, 0.717) is 48.8 Å². The molecule has 2 aliphatic heterocycles. The molecule has 33 heavy (non-hydrogen) atoms. The van der Waals surface area contributed by atoms with Gasteiger partial charge in [0, 0.05) is 24.3 Å². The number of aromatic nitrogens is 4. The molecule has 0 aliphatic carbocycles. The summed E-state index contributed by atoms with van der Waals surface area (Å²) >= 11 is 0. The molecule has 3 heterocycles. The zero-order valence-electron chi connectivity index (χ0n) is 17.6. The van der Waals surface area contributed by atoms with E-state index in [9.17, 15) is 17.6 Å². The lowest BCUT2D eigenvalue weighted by molar-refractivity contribution is -0.121. The fourth-order valence-electron chi connectivity index (χ4n) is 4.15. The monoisotopic (exact) mass is 469 g/mol. The standard InChI is InChI=1S/C21H20FN7O3S/c1-13-24-26-27-29(13)18-11-15(8-9-17(18)22)23-21(30)14-5-4-10-28(12-14)20-16-6-2-3-7-19(16)33(31,32)25-20/h2-3,6-9,11,14H,4-5,10,12H2,1H3,(H,23,30). The van der Waals surface area contributed by atoms with Gasteiger partial charge in [-0.05, 0) is 60.5 Å². The summed E-state index contributed by atoms with van der Waals surface area (Å²) in [6.07, 6.45) is 1.35. The number of hydrogen-bond acceptors (Lipinski definition) is 7. The van der Waals surface area contributed by atoms with E-state index >= 15 is 0 Å². The normalized spacial score (nSPS) is 19.2. The van der Waals surface area contributed by atoms with Gasteiger partial charge in [-0.2, -0.15) is 13.1 Å². The molecule has 1 N–H and O–H groups in total. The number of aryl methyl sites for hydroxylation is 1. The van der Waals surface area contributed by atoms with E-state index < -0.39 is 15.8 Å². The van der Waals surface area contributed by atoms with Crippen LogP contribution in [0.15, 0.2) is 51.8 Å². The third kappa shape index (κ3) is 3.86. The van der Waals surface area contributed by atoms with Crippen LogP contribution in [0.3, 0.4) is 0 Å². The number of nitrogens with zero attached hydrogens (tertiary/aromatic N) is 6. The van der Waals surface area contributed by atoms with Crippen molar-refractivity contribution >= 4 is 27.5 Å². The van der Waals surface area contributed by atoms with E-state index in [4.69, 9.17) is 0 Å². The number of likely N-dealkylation sites (tertiary alicyclic amines) is 1. The Labute approximate surface area is 189 Å². The molecule has 1 unspecified atom stereocenters. The molecule has 10 nitrogen and oxygen atoms in total. The molecular weight excluding hydrogens is 449 g/mol. The number of sulfonamides is 1. The van der Waals surface area contributed by atoms with Crippen molar-refractivity contribution < 1.29 is 17.6 Å². The maximum atomic E-state index is 14.3. The molecule has 1 saturated heterocycles. The largest absolute Gasteiger partial charge is 0.355 e. The molecule has 0 saturated carbocycles. The lowest BCUT2D eigenvalue weighted by Gasteiger charge is -2.33. The lowest BCUT2D eigenvalue weighted by atomic mass is 9.96. The molecule has 1 fully saturated rings.